The molecule has 7 nitrogen and oxygen atoms in total. The molecule has 0 radical (unpaired) electrons. The van der Waals surface area contributed by atoms with Gasteiger partial charge in [-0.3, -0.25) is 9.69 Å². The number of rotatable bonds is 8. The number of pyridine rings is 1. The summed E-state index contributed by atoms with van der Waals surface area (Å²) in [7, 11) is 0. The molecule has 2 N–H and O–H groups in total. The minimum Gasteiger partial charge on any atom is -0.508 e. The molecule has 1 unspecified atom stereocenters. The van der Waals surface area contributed by atoms with Crippen molar-refractivity contribution in [1.82, 2.24) is 15.2 Å². The number of amides is 1. The zero-order chi connectivity index (χ0) is 24.8. The number of piperazine rings is 1. The fourth-order valence-electron chi connectivity index (χ4n) is 4.44. The van der Waals surface area contributed by atoms with Crippen molar-refractivity contribution in [2.75, 3.05) is 31.1 Å². The lowest BCUT2D eigenvalue weighted by Crippen LogP contribution is -2.54. The second kappa shape index (κ2) is 11.2. The van der Waals surface area contributed by atoms with Crippen LogP contribution in [0.3, 0.4) is 0 Å². The molecule has 4 rings (SSSR count). The Morgan fingerprint density at radius 1 is 1.11 bits per heavy atom. The van der Waals surface area contributed by atoms with E-state index in [-0.39, 0.29) is 17.9 Å². The summed E-state index contributed by atoms with van der Waals surface area (Å²) in [5.74, 6) is 1.60. The van der Waals surface area contributed by atoms with Crippen LogP contribution in [-0.4, -0.2) is 59.2 Å². The van der Waals surface area contributed by atoms with Gasteiger partial charge in [-0.25, -0.2) is 4.98 Å². The van der Waals surface area contributed by atoms with Gasteiger partial charge in [-0.2, -0.15) is 0 Å². The van der Waals surface area contributed by atoms with Crippen LogP contribution in [0.1, 0.15) is 31.1 Å². The third kappa shape index (κ3) is 6.51. The molecule has 2 aromatic carbocycles. The van der Waals surface area contributed by atoms with Gasteiger partial charge in [0.1, 0.15) is 11.5 Å². The molecule has 1 saturated heterocycles. The molecule has 1 aliphatic heterocycles. The molecule has 0 saturated carbocycles. The minimum absolute atomic E-state index is 0.0159. The summed E-state index contributed by atoms with van der Waals surface area (Å²) >= 11 is 0. The second-order valence-corrected chi connectivity index (χ2v) is 9.36. The largest absolute Gasteiger partial charge is 0.508 e. The maximum atomic E-state index is 12.8. The second-order valence-electron chi connectivity index (χ2n) is 9.36. The highest BCUT2D eigenvalue weighted by Gasteiger charge is 2.26. The van der Waals surface area contributed by atoms with E-state index >= 15 is 0 Å². The van der Waals surface area contributed by atoms with E-state index < -0.39 is 0 Å². The molecule has 3 aromatic rings. The first-order valence-electron chi connectivity index (χ1n) is 12.2. The Kier molecular flexibility index (Phi) is 7.87. The topological polar surface area (TPSA) is 77.9 Å². The minimum atomic E-state index is -0.134. The third-order valence-electron chi connectivity index (χ3n) is 6.60. The maximum absolute atomic E-state index is 12.8. The molecular formula is C28H34N4O3. The van der Waals surface area contributed by atoms with Crippen molar-refractivity contribution in [2.24, 2.45) is 5.92 Å². The fourth-order valence-corrected chi connectivity index (χ4v) is 4.44. The molecule has 1 aromatic heterocycles. The molecule has 0 bridgehead atoms. The number of ether oxygens (including phenoxy) is 1. The average molecular weight is 475 g/mol. The number of carbonyl (C=O) groups excluding carboxylic acids is 1. The fraction of sp³-hybridized carbons (Fsp3) is 0.357. The Morgan fingerprint density at radius 3 is 2.60 bits per heavy atom. The maximum Gasteiger partial charge on any atom is 0.253 e. The van der Waals surface area contributed by atoms with Gasteiger partial charge >= 0.3 is 0 Å². The lowest BCUT2D eigenvalue weighted by Gasteiger charge is -2.42. The van der Waals surface area contributed by atoms with E-state index in [1.807, 2.05) is 48.5 Å². The molecule has 1 aliphatic rings. The van der Waals surface area contributed by atoms with Gasteiger partial charge in [0, 0.05) is 62.3 Å². The molecule has 0 aliphatic carbocycles. The predicted octanol–water partition coefficient (Wildman–Crippen LogP) is 4.54. The summed E-state index contributed by atoms with van der Waals surface area (Å²) in [6.07, 6.45) is 1.55. The number of phenols is 1. The number of benzene rings is 2. The van der Waals surface area contributed by atoms with Crippen molar-refractivity contribution in [2.45, 2.75) is 32.9 Å². The van der Waals surface area contributed by atoms with E-state index in [4.69, 9.17) is 4.74 Å². The molecule has 3 atom stereocenters. The van der Waals surface area contributed by atoms with Crippen LogP contribution < -0.4 is 15.0 Å². The first-order chi connectivity index (χ1) is 16.9. The summed E-state index contributed by atoms with van der Waals surface area (Å²) in [5, 5.41) is 12.9. The van der Waals surface area contributed by atoms with Crippen molar-refractivity contribution in [3.8, 4) is 17.4 Å². The van der Waals surface area contributed by atoms with E-state index in [9.17, 15) is 9.90 Å². The zero-order valence-corrected chi connectivity index (χ0v) is 20.6. The van der Waals surface area contributed by atoms with E-state index in [1.54, 1.807) is 24.4 Å². The normalized spacial score (nSPS) is 18.0. The SMILES string of the molecule is CC(CN1CCN(c2cccc(O)c2)[C@@H](C)C1)[C@H](C)NC(=O)c1ccc(Oc2ccccc2)nc1. The molecule has 184 valence electrons. The summed E-state index contributed by atoms with van der Waals surface area (Å²) in [5.41, 5.74) is 1.57. The Hall–Kier alpha value is -3.58. The van der Waals surface area contributed by atoms with Crippen molar-refractivity contribution in [1.29, 1.82) is 0 Å². The van der Waals surface area contributed by atoms with Crippen LogP contribution in [0.5, 0.6) is 17.4 Å². The summed E-state index contributed by atoms with van der Waals surface area (Å²) < 4.78 is 5.70. The smallest absolute Gasteiger partial charge is 0.253 e. The van der Waals surface area contributed by atoms with Crippen molar-refractivity contribution >= 4 is 11.6 Å². The Labute approximate surface area is 207 Å². The number of nitrogens with zero attached hydrogens (tertiary/aromatic N) is 3. The number of aromatic hydroxyl groups is 1. The summed E-state index contributed by atoms with van der Waals surface area (Å²) in [6.45, 7) is 10.1. The Bertz CT molecular complexity index is 1110. The van der Waals surface area contributed by atoms with E-state index in [0.29, 0.717) is 29.0 Å². The van der Waals surface area contributed by atoms with Crippen molar-refractivity contribution in [3.05, 3.63) is 78.5 Å². The number of hydrogen-bond donors (Lipinski definition) is 2. The van der Waals surface area contributed by atoms with Gasteiger partial charge in [0.2, 0.25) is 5.88 Å². The zero-order valence-electron chi connectivity index (χ0n) is 20.6. The first-order valence-corrected chi connectivity index (χ1v) is 12.2. The average Bonchev–Trinajstić information content (AvgIpc) is 2.85. The van der Waals surface area contributed by atoms with Crippen LogP contribution in [0.15, 0.2) is 72.9 Å². The quantitative estimate of drug-likeness (QED) is 0.499. The number of anilines is 1. The number of phenolic OH excluding ortho intramolecular Hbond substituents is 1. The van der Waals surface area contributed by atoms with E-state index in [0.717, 1.165) is 31.9 Å². The molecule has 0 spiro atoms. The molecular weight excluding hydrogens is 440 g/mol. The van der Waals surface area contributed by atoms with Crippen LogP contribution in [0, 0.1) is 5.92 Å². The van der Waals surface area contributed by atoms with Gasteiger partial charge in [0.15, 0.2) is 0 Å². The number of carbonyl (C=O) groups is 1. The molecule has 35 heavy (non-hydrogen) atoms. The summed E-state index contributed by atoms with van der Waals surface area (Å²) in [4.78, 5) is 21.8. The number of para-hydroxylation sites is 1. The molecule has 7 heteroatoms. The standard InChI is InChI=1S/C28H34N4O3/c1-20(18-31-14-15-32(21(2)19-31)24-8-7-9-25(33)16-24)22(3)30-28(34)23-12-13-27(29-17-23)35-26-10-5-4-6-11-26/h4-13,16-17,20-22,33H,14-15,18-19H2,1-3H3,(H,30,34)/t20?,21-,22-/m0/s1. The number of hydrogen-bond acceptors (Lipinski definition) is 6. The lowest BCUT2D eigenvalue weighted by atomic mass is 10.0. The highest BCUT2D eigenvalue weighted by molar-refractivity contribution is 5.94. The molecule has 1 amide bonds. The van der Waals surface area contributed by atoms with Crippen molar-refractivity contribution < 1.29 is 14.6 Å². The highest BCUT2D eigenvalue weighted by atomic mass is 16.5. The number of aromatic nitrogens is 1. The highest BCUT2D eigenvalue weighted by Crippen LogP contribution is 2.25. The first kappa shape index (κ1) is 24.5. The Balaban J connectivity index is 1.26. The summed E-state index contributed by atoms with van der Waals surface area (Å²) in [6, 6.07) is 20.7. The van der Waals surface area contributed by atoms with E-state index in [2.05, 4.69) is 40.9 Å². The van der Waals surface area contributed by atoms with Gasteiger partial charge in [0.05, 0.1) is 5.56 Å². The third-order valence-corrected chi connectivity index (χ3v) is 6.60. The van der Waals surface area contributed by atoms with Crippen LogP contribution in [-0.2, 0) is 0 Å². The van der Waals surface area contributed by atoms with Gasteiger partial charge in [0.25, 0.3) is 5.91 Å². The monoisotopic (exact) mass is 474 g/mol. The van der Waals surface area contributed by atoms with Gasteiger partial charge < -0.3 is 20.1 Å². The van der Waals surface area contributed by atoms with Crippen LogP contribution in [0.4, 0.5) is 5.69 Å². The van der Waals surface area contributed by atoms with E-state index in [1.165, 1.54) is 0 Å². The predicted molar refractivity (Wildman–Crippen MR) is 138 cm³/mol. The van der Waals surface area contributed by atoms with Crippen LogP contribution >= 0.6 is 0 Å². The molecule has 2 heterocycles. The van der Waals surface area contributed by atoms with Crippen molar-refractivity contribution in [3.63, 3.8) is 0 Å². The van der Waals surface area contributed by atoms with Gasteiger partial charge in [-0.1, -0.05) is 31.2 Å². The van der Waals surface area contributed by atoms with Crippen LogP contribution in [0.25, 0.3) is 0 Å². The van der Waals surface area contributed by atoms with Gasteiger partial charge in [-0.15, -0.1) is 0 Å². The van der Waals surface area contributed by atoms with Crippen LogP contribution in [0.2, 0.25) is 0 Å². The van der Waals surface area contributed by atoms with Gasteiger partial charge in [-0.05, 0) is 50.1 Å². The molecule has 1 fully saturated rings. The number of nitrogens with one attached hydrogen (secondary N) is 1. The Morgan fingerprint density at radius 2 is 1.91 bits per heavy atom. The lowest BCUT2D eigenvalue weighted by molar-refractivity contribution is 0.0917.